The highest BCUT2D eigenvalue weighted by Crippen LogP contribution is 2.33. The van der Waals surface area contributed by atoms with E-state index in [0.717, 1.165) is 22.6 Å². The van der Waals surface area contributed by atoms with Gasteiger partial charge in [0.05, 0.1) is 29.6 Å². The molecule has 3 aromatic rings. The molecule has 0 amide bonds. The summed E-state index contributed by atoms with van der Waals surface area (Å²) in [4.78, 5) is 4.70. The number of thiophene rings is 1. The maximum Gasteiger partial charge on any atom is 0.128 e. The highest BCUT2D eigenvalue weighted by molar-refractivity contribution is 7.07. The molecule has 0 bridgehead atoms. The Bertz CT molecular complexity index is 749. The summed E-state index contributed by atoms with van der Waals surface area (Å²) in [5.41, 5.74) is 3.26. The van der Waals surface area contributed by atoms with Gasteiger partial charge in [-0.1, -0.05) is 0 Å². The molecule has 0 N–H and O–H groups in total. The fourth-order valence-electron chi connectivity index (χ4n) is 2.57. The minimum atomic E-state index is -0.149. The maximum atomic E-state index is 6.35. The van der Waals surface area contributed by atoms with Crippen molar-refractivity contribution in [2.75, 3.05) is 7.11 Å². The number of benzene rings is 1. The third-order valence-corrected chi connectivity index (χ3v) is 4.59. The van der Waals surface area contributed by atoms with E-state index in [4.69, 9.17) is 21.3 Å². The van der Waals surface area contributed by atoms with Crippen LogP contribution in [-0.2, 0) is 0 Å². The lowest BCUT2D eigenvalue weighted by Gasteiger charge is -2.18. The number of hydrogen-bond acceptors (Lipinski definition) is 3. The van der Waals surface area contributed by atoms with Crippen molar-refractivity contribution >= 4 is 34.0 Å². The number of nitrogens with zero attached hydrogens (tertiary/aromatic N) is 2. The zero-order valence-electron chi connectivity index (χ0n) is 12.2. The molecular formula is C16H17ClN2OS. The normalized spacial score (nSPS) is 14.3. The second-order valence-corrected chi connectivity index (χ2v) is 6.48. The largest absolute Gasteiger partial charge is 0.497 e. The van der Waals surface area contributed by atoms with Crippen molar-refractivity contribution in [2.45, 2.75) is 25.3 Å². The lowest BCUT2D eigenvalue weighted by atomic mass is 10.1. The van der Waals surface area contributed by atoms with Gasteiger partial charge in [-0.25, -0.2) is 4.98 Å². The summed E-state index contributed by atoms with van der Waals surface area (Å²) in [6.07, 6.45) is 0. The Morgan fingerprint density at radius 3 is 2.71 bits per heavy atom. The monoisotopic (exact) mass is 320 g/mol. The average molecular weight is 321 g/mol. The number of halogens is 1. The molecule has 21 heavy (non-hydrogen) atoms. The van der Waals surface area contributed by atoms with Crippen LogP contribution in [0, 0.1) is 0 Å². The van der Waals surface area contributed by atoms with Crippen molar-refractivity contribution < 1.29 is 4.74 Å². The molecule has 0 aliphatic rings. The van der Waals surface area contributed by atoms with E-state index in [0.29, 0.717) is 0 Å². The van der Waals surface area contributed by atoms with Crippen LogP contribution in [0.1, 0.15) is 36.7 Å². The van der Waals surface area contributed by atoms with E-state index in [-0.39, 0.29) is 11.4 Å². The smallest absolute Gasteiger partial charge is 0.128 e. The van der Waals surface area contributed by atoms with E-state index in [2.05, 4.69) is 28.3 Å². The van der Waals surface area contributed by atoms with Gasteiger partial charge in [0.25, 0.3) is 0 Å². The first-order chi connectivity index (χ1) is 10.1. The van der Waals surface area contributed by atoms with Gasteiger partial charge in [-0.15, -0.1) is 11.6 Å². The van der Waals surface area contributed by atoms with Gasteiger partial charge in [-0.05, 0) is 48.4 Å². The quantitative estimate of drug-likeness (QED) is 0.631. The molecule has 0 aliphatic carbocycles. The molecule has 0 fully saturated rings. The van der Waals surface area contributed by atoms with Gasteiger partial charge in [0.2, 0.25) is 0 Å². The number of aromatic nitrogens is 2. The first-order valence-corrected chi connectivity index (χ1v) is 8.21. The number of imidazole rings is 1. The molecule has 2 unspecified atom stereocenters. The standard InChI is InChI=1S/C16H17ClN2OS/c1-10(17)16-18-14-5-4-13(20-3)8-15(14)19(16)11(2)12-6-7-21-9-12/h4-11H,1-3H3. The summed E-state index contributed by atoms with van der Waals surface area (Å²) >= 11 is 8.05. The van der Waals surface area contributed by atoms with Gasteiger partial charge < -0.3 is 9.30 Å². The van der Waals surface area contributed by atoms with E-state index >= 15 is 0 Å². The number of rotatable bonds is 4. The molecule has 110 valence electrons. The van der Waals surface area contributed by atoms with Gasteiger partial charge >= 0.3 is 0 Å². The summed E-state index contributed by atoms with van der Waals surface area (Å²) in [5, 5.41) is 4.11. The van der Waals surface area contributed by atoms with Crippen LogP contribution in [-0.4, -0.2) is 16.7 Å². The van der Waals surface area contributed by atoms with Crippen LogP contribution in [0.4, 0.5) is 0 Å². The van der Waals surface area contributed by atoms with Crippen molar-refractivity contribution in [3.05, 3.63) is 46.4 Å². The van der Waals surface area contributed by atoms with Gasteiger partial charge in [-0.2, -0.15) is 11.3 Å². The highest BCUT2D eigenvalue weighted by Gasteiger charge is 2.20. The first-order valence-electron chi connectivity index (χ1n) is 6.84. The van der Waals surface area contributed by atoms with E-state index in [1.807, 2.05) is 25.1 Å². The second-order valence-electron chi connectivity index (χ2n) is 5.04. The molecule has 0 aliphatic heterocycles. The lowest BCUT2D eigenvalue weighted by molar-refractivity contribution is 0.415. The summed E-state index contributed by atoms with van der Waals surface area (Å²) in [6, 6.07) is 8.26. The SMILES string of the molecule is COc1ccc2nc(C(C)Cl)n(C(C)c3ccsc3)c2c1. The van der Waals surface area contributed by atoms with Crippen molar-refractivity contribution in [1.29, 1.82) is 0 Å². The Morgan fingerprint density at radius 2 is 2.10 bits per heavy atom. The Morgan fingerprint density at radius 1 is 1.29 bits per heavy atom. The molecule has 2 atom stereocenters. The van der Waals surface area contributed by atoms with Crippen LogP contribution >= 0.6 is 22.9 Å². The molecule has 5 heteroatoms. The summed E-state index contributed by atoms with van der Waals surface area (Å²) in [6.45, 7) is 4.13. The van der Waals surface area contributed by atoms with Gasteiger partial charge in [0.15, 0.2) is 0 Å². The van der Waals surface area contributed by atoms with Crippen LogP contribution in [0.15, 0.2) is 35.0 Å². The zero-order valence-corrected chi connectivity index (χ0v) is 13.8. The van der Waals surface area contributed by atoms with Crippen LogP contribution < -0.4 is 4.74 Å². The van der Waals surface area contributed by atoms with E-state index in [9.17, 15) is 0 Å². The molecule has 2 heterocycles. The predicted molar refractivity (Wildman–Crippen MR) is 88.7 cm³/mol. The molecule has 0 radical (unpaired) electrons. The Balaban J connectivity index is 2.24. The molecular weight excluding hydrogens is 304 g/mol. The van der Waals surface area contributed by atoms with E-state index in [1.54, 1.807) is 18.4 Å². The fraction of sp³-hybridized carbons (Fsp3) is 0.312. The van der Waals surface area contributed by atoms with E-state index < -0.39 is 0 Å². The van der Waals surface area contributed by atoms with Crippen molar-refractivity contribution in [3.8, 4) is 5.75 Å². The number of fused-ring (bicyclic) bond motifs is 1. The van der Waals surface area contributed by atoms with Gasteiger partial charge in [0.1, 0.15) is 11.6 Å². The first kappa shape index (κ1) is 14.4. The zero-order chi connectivity index (χ0) is 15.0. The summed E-state index contributed by atoms with van der Waals surface area (Å²) in [5.74, 6) is 1.72. The molecule has 1 aromatic carbocycles. The molecule has 0 saturated heterocycles. The molecule has 2 aromatic heterocycles. The Kier molecular flexibility index (Phi) is 3.91. The predicted octanol–water partition coefficient (Wildman–Crippen LogP) is 5.02. The van der Waals surface area contributed by atoms with E-state index in [1.165, 1.54) is 5.56 Å². The third-order valence-electron chi connectivity index (χ3n) is 3.69. The Labute approximate surface area is 133 Å². The summed E-state index contributed by atoms with van der Waals surface area (Å²) < 4.78 is 7.55. The number of alkyl halides is 1. The second kappa shape index (κ2) is 5.70. The van der Waals surface area contributed by atoms with Crippen LogP contribution in [0.2, 0.25) is 0 Å². The minimum absolute atomic E-state index is 0.149. The average Bonchev–Trinajstić information content (AvgIpc) is 3.13. The lowest BCUT2D eigenvalue weighted by Crippen LogP contribution is -2.10. The van der Waals surface area contributed by atoms with Crippen LogP contribution in [0.25, 0.3) is 11.0 Å². The molecule has 3 nitrogen and oxygen atoms in total. The topological polar surface area (TPSA) is 27.1 Å². The number of methoxy groups -OCH3 is 1. The van der Waals surface area contributed by atoms with Crippen molar-refractivity contribution in [3.63, 3.8) is 0 Å². The number of hydrogen-bond donors (Lipinski definition) is 0. The Hall–Kier alpha value is -1.52. The van der Waals surface area contributed by atoms with Crippen molar-refractivity contribution in [2.24, 2.45) is 0 Å². The van der Waals surface area contributed by atoms with Gasteiger partial charge in [-0.3, -0.25) is 0 Å². The minimum Gasteiger partial charge on any atom is -0.497 e. The van der Waals surface area contributed by atoms with Crippen molar-refractivity contribution in [1.82, 2.24) is 9.55 Å². The third kappa shape index (κ3) is 2.54. The molecule has 0 spiro atoms. The van der Waals surface area contributed by atoms with Gasteiger partial charge in [0, 0.05) is 6.07 Å². The molecule has 3 rings (SSSR count). The van der Waals surface area contributed by atoms with Crippen LogP contribution in [0.3, 0.4) is 0 Å². The maximum absolute atomic E-state index is 6.35. The fourth-order valence-corrected chi connectivity index (χ4v) is 3.47. The highest BCUT2D eigenvalue weighted by atomic mass is 35.5. The summed E-state index contributed by atoms with van der Waals surface area (Å²) in [7, 11) is 1.68. The van der Waals surface area contributed by atoms with Crippen LogP contribution in [0.5, 0.6) is 5.75 Å². The molecule has 0 saturated carbocycles. The number of ether oxygens (including phenoxy) is 1.